The highest BCUT2D eigenvalue weighted by molar-refractivity contribution is 9.10. The average Bonchev–Trinajstić information content (AvgIpc) is 2.39. The van der Waals surface area contributed by atoms with Gasteiger partial charge in [0.2, 0.25) is 0 Å². The largest absolute Gasteiger partial charge is 0.271 e. The van der Waals surface area contributed by atoms with Crippen molar-refractivity contribution in [3.63, 3.8) is 0 Å². The lowest BCUT2D eigenvalue weighted by Crippen LogP contribution is -2.30. The number of hydrogen-bond acceptors (Lipinski definition) is 3. The van der Waals surface area contributed by atoms with Crippen molar-refractivity contribution >= 4 is 31.9 Å². The number of aromatic nitrogens is 1. The molecule has 94 valence electrons. The van der Waals surface area contributed by atoms with E-state index >= 15 is 0 Å². The Labute approximate surface area is 123 Å². The van der Waals surface area contributed by atoms with Gasteiger partial charge in [-0.05, 0) is 39.7 Å². The summed E-state index contributed by atoms with van der Waals surface area (Å²) in [5.41, 5.74) is 4.97. The minimum Gasteiger partial charge on any atom is -0.271 e. The van der Waals surface area contributed by atoms with Crippen LogP contribution < -0.4 is 11.3 Å². The molecule has 2 rings (SSSR count). The fourth-order valence-corrected chi connectivity index (χ4v) is 2.55. The van der Waals surface area contributed by atoms with Gasteiger partial charge in [-0.15, -0.1) is 0 Å². The number of rotatable bonds is 4. The zero-order chi connectivity index (χ0) is 13.0. The van der Waals surface area contributed by atoms with Crippen LogP contribution in [0, 0.1) is 0 Å². The fourth-order valence-electron chi connectivity index (χ4n) is 1.75. The van der Waals surface area contributed by atoms with Crippen LogP contribution in [0.2, 0.25) is 0 Å². The van der Waals surface area contributed by atoms with Crippen molar-refractivity contribution in [2.45, 2.75) is 12.5 Å². The maximum absolute atomic E-state index is 5.64. The van der Waals surface area contributed by atoms with Crippen molar-refractivity contribution < 1.29 is 0 Å². The van der Waals surface area contributed by atoms with E-state index in [1.807, 2.05) is 36.4 Å². The molecule has 3 nitrogen and oxygen atoms in total. The van der Waals surface area contributed by atoms with Crippen LogP contribution in [0.5, 0.6) is 0 Å². The molecule has 1 aromatic heterocycles. The van der Waals surface area contributed by atoms with E-state index in [4.69, 9.17) is 5.84 Å². The Bertz CT molecular complexity index is 514. The molecule has 1 aromatic carbocycles. The number of pyridine rings is 1. The number of nitrogens with zero attached hydrogens (tertiary/aromatic N) is 1. The fraction of sp³-hybridized carbons (Fsp3) is 0.154. The zero-order valence-corrected chi connectivity index (χ0v) is 12.8. The van der Waals surface area contributed by atoms with Crippen molar-refractivity contribution in [2.24, 2.45) is 5.84 Å². The molecule has 2 aromatic rings. The molecule has 5 heteroatoms. The summed E-state index contributed by atoms with van der Waals surface area (Å²) in [6.07, 6.45) is 2.54. The van der Waals surface area contributed by atoms with Crippen LogP contribution in [0.4, 0.5) is 0 Å². The molecule has 0 aliphatic carbocycles. The molecule has 1 atom stereocenters. The van der Waals surface area contributed by atoms with Crippen LogP contribution in [-0.2, 0) is 6.42 Å². The first-order valence-corrected chi connectivity index (χ1v) is 7.10. The summed E-state index contributed by atoms with van der Waals surface area (Å²) in [4.78, 5) is 4.36. The SMILES string of the molecule is NNC(Cc1ccc(Br)cn1)c1ccccc1Br. The quantitative estimate of drug-likeness (QED) is 0.640. The molecular formula is C13H13Br2N3. The molecule has 0 aliphatic heterocycles. The maximum Gasteiger partial charge on any atom is 0.0526 e. The van der Waals surface area contributed by atoms with Crippen LogP contribution >= 0.6 is 31.9 Å². The molecule has 0 aliphatic rings. The molecule has 0 radical (unpaired) electrons. The molecule has 1 heterocycles. The zero-order valence-electron chi connectivity index (χ0n) is 9.61. The van der Waals surface area contributed by atoms with Crippen molar-refractivity contribution in [3.8, 4) is 0 Å². The monoisotopic (exact) mass is 369 g/mol. The normalized spacial score (nSPS) is 12.4. The summed E-state index contributed by atoms with van der Waals surface area (Å²) in [5, 5.41) is 0. The summed E-state index contributed by atoms with van der Waals surface area (Å²) in [6, 6.07) is 12.1. The van der Waals surface area contributed by atoms with E-state index in [2.05, 4.69) is 42.3 Å². The van der Waals surface area contributed by atoms with E-state index in [-0.39, 0.29) is 6.04 Å². The first-order valence-electron chi connectivity index (χ1n) is 5.51. The Morgan fingerprint density at radius 2 is 1.94 bits per heavy atom. The van der Waals surface area contributed by atoms with Crippen LogP contribution in [0.3, 0.4) is 0 Å². The lowest BCUT2D eigenvalue weighted by Gasteiger charge is -2.17. The van der Waals surface area contributed by atoms with Gasteiger partial charge in [0.15, 0.2) is 0 Å². The topological polar surface area (TPSA) is 50.9 Å². The van der Waals surface area contributed by atoms with Crippen LogP contribution in [0.25, 0.3) is 0 Å². The molecule has 0 fully saturated rings. The first-order chi connectivity index (χ1) is 8.70. The number of halogens is 2. The molecule has 0 bridgehead atoms. The van der Waals surface area contributed by atoms with E-state index in [0.29, 0.717) is 0 Å². The standard InChI is InChI=1S/C13H13Br2N3/c14-9-5-6-10(17-8-9)7-13(18-16)11-3-1-2-4-12(11)15/h1-6,8,13,18H,7,16H2. The third-order valence-corrected chi connectivity index (χ3v) is 3.87. The van der Waals surface area contributed by atoms with E-state index in [9.17, 15) is 0 Å². The Morgan fingerprint density at radius 3 is 2.56 bits per heavy atom. The highest BCUT2D eigenvalue weighted by Gasteiger charge is 2.13. The Morgan fingerprint density at radius 1 is 1.17 bits per heavy atom. The van der Waals surface area contributed by atoms with Gasteiger partial charge >= 0.3 is 0 Å². The van der Waals surface area contributed by atoms with Gasteiger partial charge in [0.05, 0.1) is 6.04 Å². The van der Waals surface area contributed by atoms with Crippen molar-refractivity contribution in [3.05, 3.63) is 62.8 Å². The second-order valence-electron chi connectivity index (χ2n) is 3.91. The van der Waals surface area contributed by atoms with Gasteiger partial charge in [0.1, 0.15) is 0 Å². The Kier molecular flexibility index (Phi) is 4.88. The summed E-state index contributed by atoms with van der Waals surface area (Å²) < 4.78 is 2.02. The van der Waals surface area contributed by atoms with Gasteiger partial charge in [-0.25, -0.2) is 0 Å². The Balaban J connectivity index is 2.20. The highest BCUT2D eigenvalue weighted by Crippen LogP contribution is 2.25. The van der Waals surface area contributed by atoms with Crippen LogP contribution in [0.15, 0.2) is 51.5 Å². The molecule has 3 N–H and O–H groups in total. The number of hydrazine groups is 1. The second kappa shape index (κ2) is 6.43. The third kappa shape index (κ3) is 3.38. The smallest absolute Gasteiger partial charge is 0.0526 e. The van der Waals surface area contributed by atoms with Crippen molar-refractivity contribution in [2.75, 3.05) is 0 Å². The Hall–Kier alpha value is -0.750. The highest BCUT2D eigenvalue weighted by atomic mass is 79.9. The van der Waals surface area contributed by atoms with Crippen molar-refractivity contribution in [1.82, 2.24) is 10.4 Å². The van der Waals surface area contributed by atoms with Gasteiger partial charge in [-0.1, -0.05) is 34.1 Å². The van der Waals surface area contributed by atoms with Gasteiger partial charge in [0.25, 0.3) is 0 Å². The van der Waals surface area contributed by atoms with Crippen LogP contribution in [0.1, 0.15) is 17.3 Å². The van der Waals surface area contributed by atoms with Gasteiger partial charge in [-0.2, -0.15) is 0 Å². The molecule has 0 spiro atoms. The summed E-state index contributed by atoms with van der Waals surface area (Å²) in [7, 11) is 0. The maximum atomic E-state index is 5.64. The lowest BCUT2D eigenvalue weighted by molar-refractivity contribution is 0.544. The molecule has 18 heavy (non-hydrogen) atoms. The summed E-state index contributed by atoms with van der Waals surface area (Å²) >= 11 is 6.91. The minimum atomic E-state index is 0.0363. The van der Waals surface area contributed by atoms with E-state index < -0.39 is 0 Å². The first kappa shape index (κ1) is 13.7. The van der Waals surface area contributed by atoms with E-state index in [1.165, 1.54) is 0 Å². The molecule has 0 amide bonds. The van der Waals surface area contributed by atoms with Crippen molar-refractivity contribution in [1.29, 1.82) is 0 Å². The van der Waals surface area contributed by atoms with Gasteiger partial charge in [-0.3, -0.25) is 16.3 Å². The third-order valence-electron chi connectivity index (χ3n) is 2.68. The molecule has 1 unspecified atom stereocenters. The number of hydrogen-bond donors (Lipinski definition) is 2. The number of nitrogens with two attached hydrogens (primary N) is 1. The predicted octanol–water partition coefficient (Wildman–Crippen LogP) is 3.35. The van der Waals surface area contributed by atoms with E-state index in [1.54, 1.807) is 6.20 Å². The molecular weight excluding hydrogens is 358 g/mol. The molecule has 0 saturated heterocycles. The number of nitrogens with one attached hydrogen (secondary N) is 1. The van der Waals surface area contributed by atoms with Crippen LogP contribution in [-0.4, -0.2) is 4.98 Å². The second-order valence-corrected chi connectivity index (χ2v) is 5.68. The van der Waals surface area contributed by atoms with E-state index in [0.717, 1.165) is 26.6 Å². The van der Waals surface area contributed by atoms with Gasteiger partial charge in [0, 0.05) is 27.3 Å². The predicted molar refractivity (Wildman–Crippen MR) is 79.8 cm³/mol. The minimum absolute atomic E-state index is 0.0363. The summed E-state index contributed by atoms with van der Waals surface area (Å²) in [5.74, 6) is 5.64. The lowest BCUT2D eigenvalue weighted by atomic mass is 10.0. The van der Waals surface area contributed by atoms with Gasteiger partial charge < -0.3 is 0 Å². The summed E-state index contributed by atoms with van der Waals surface area (Å²) in [6.45, 7) is 0. The average molecular weight is 371 g/mol. The number of benzene rings is 1. The molecule has 0 saturated carbocycles.